The monoisotopic (exact) mass is 306 g/mol. The van der Waals surface area contributed by atoms with Crippen LogP contribution in [-0.4, -0.2) is 50.2 Å². The lowest BCUT2D eigenvalue weighted by atomic mass is 10.3. The SMILES string of the molecule is COCCOCCn1cc[n+](CCCCS(=O)(=O)[O-])c1. The second-order valence-corrected chi connectivity index (χ2v) is 5.99. The molecule has 0 aliphatic rings. The van der Waals surface area contributed by atoms with Crippen LogP contribution in [0.1, 0.15) is 12.8 Å². The molecule has 0 fully saturated rings. The van der Waals surface area contributed by atoms with Gasteiger partial charge in [0.2, 0.25) is 6.33 Å². The summed E-state index contributed by atoms with van der Waals surface area (Å²) in [5.41, 5.74) is 0. The van der Waals surface area contributed by atoms with Gasteiger partial charge in [-0.05, 0) is 12.8 Å². The first-order valence-corrected chi connectivity index (χ1v) is 8.14. The van der Waals surface area contributed by atoms with Crippen LogP contribution in [0.4, 0.5) is 0 Å². The van der Waals surface area contributed by atoms with Gasteiger partial charge in [0.05, 0.1) is 36.5 Å². The number of unbranched alkanes of at least 4 members (excludes halogenated alkanes) is 1. The minimum atomic E-state index is -4.08. The van der Waals surface area contributed by atoms with Crippen molar-refractivity contribution in [3.05, 3.63) is 18.7 Å². The number of hydrogen-bond acceptors (Lipinski definition) is 5. The van der Waals surface area contributed by atoms with Gasteiger partial charge in [-0.3, -0.25) is 0 Å². The Labute approximate surface area is 119 Å². The van der Waals surface area contributed by atoms with Gasteiger partial charge in [-0.15, -0.1) is 0 Å². The molecule has 0 aromatic carbocycles. The van der Waals surface area contributed by atoms with Crippen molar-refractivity contribution in [1.82, 2.24) is 4.57 Å². The Morgan fingerprint density at radius 3 is 2.75 bits per heavy atom. The maximum atomic E-state index is 10.5. The zero-order chi connectivity index (χ0) is 14.8. The van der Waals surface area contributed by atoms with Crippen molar-refractivity contribution in [2.75, 3.05) is 32.7 Å². The molecule has 0 bridgehead atoms. The molecule has 1 heterocycles. The van der Waals surface area contributed by atoms with Crippen LogP contribution in [-0.2, 0) is 32.7 Å². The van der Waals surface area contributed by atoms with E-state index in [2.05, 4.69) is 0 Å². The molecule has 7 nitrogen and oxygen atoms in total. The predicted octanol–water partition coefficient (Wildman–Crippen LogP) is -0.236. The van der Waals surface area contributed by atoms with Crippen LogP contribution in [0.5, 0.6) is 0 Å². The number of imidazole rings is 1. The molecule has 20 heavy (non-hydrogen) atoms. The summed E-state index contributed by atoms with van der Waals surface area (Å²) >= 11 is 0. The minimum absolute atomic E-state index is 0.290. The largest absolute Gasteiger partial charge is 0.748 e. The van der Waals surface area contributed by atoms with Crippen LogP contribution in [0.25, 0.3) is 0 Å². The molecule has 0 aliphatic carbocycles. The van der Waals surface area contributed by atoms with E-state index in [1.54, 1.807) is 7.11 Å². The lowest BCUT2D eigenvalue weighted by Gasteiger charge is -2.04. The molecular weight excluding hydrogens is 284 g/mol. The molecule has 0 amide bonds. The molecule has 8 heteroatoms. The van der Waals surface area contributed by atoms with Gasteiger partial charge < -0.3 is 14.0 Å². The molecule has 0 unspecified atom stereocenters. The molecule has 0 spiro atoms. The zero-order valence-corrected chi connectivity index (χ0v) is 12.5. The molecular formula is C12H22N2O5S. The quantitative estimate of drug-likeness (QED) is 0.320. The van der Waals surface area contributed by atoms with Crippen molar-refractivity contribution >= 4 is 10.1 Å². The van der Waals surface area contributed by atoms with Gasteiger partial charge in [-0.25, -0.2) is 17.6 Å². The fourth-order valence-corrected chi connectivity index (χ4v) is 2.25. The minimum Gasteiger partial charge on any atom is -0.748 e. The van der Waals surface area contributed by atoms with Crippen molar-refractivity contribution in [2.45, 2.75) is 25.9 Å². The van der Waals surface area contributed by atoms with E-state index in [-0.39, 0.29) is 5.75 Å². The highest BCUT2D eigenvalue weighted by molar-refractivity contribution is 7.85. The number of aromatic nitrogens is 2. The molecule has 0 atom stereocenters. The van der Waals surface area contributed by atoms with E-state index < -0.39 is 10.1 Å². The molecule has 1 aromatic heterocycles. The fraction of sp³-hybridized carbons (Fsp3) is 0.750. The van der Waals surface area contributed by atoms with Crippen LogP contribution < -0.4 is 4.57 Å². The van der Waals surface area contributed by atoms with Crippen molar-refractivity contribution in [3.63, 3.8) is 0 Å². The number of hydrogen-bond donors (Lipinski definition) is 0. The maximum Gasteiger partial charge on any atom is 0.243 e. The predicted molar refractivity (Wildman–Crippen MR) is 71.1 cm³/mol. The average molecular weight is 306 g/mol. The second kappa shape index (κ2) is 9.06. The third kappa shape index (κ3) is 8.26. The van der Waals surface area contributed by atoms with Crippen molar-refractivity contribution in [3.8, 4) is 0 Å². The third-order valence-electron chi connectivity index (χ3n) is 2.73. The summed E-state index contributed by atoms with van der Waals surface area (Å²) in [6.07, 6.45) is 6.85. The average Bonchev–Trinajstić information content (AvgIpc) is 2.81. The highest BCUT2D eigenvalue weighted by Crippen LogP contribution is 1.94. The summed E-state index contributed by atoms with van der Waals surface area (Å²) in [6.45, 7) is 3.25. The van der Waals surface area contributed by atoms with E-state index in [1.807, 2.05) is 27.9 Å². The molecule has 0 saturated carbocycles. The molecule has 0 saturated heterocycles. The summed E-state index contributed by atoms with van der Waals surface area (Å²) in [7, 11) is -2.45. The van der Waals surface area contributed by atoms with Gasteiger partial charge in [-0.2, -0.15) is 0 Å². The molecule has 1 rings (SSSR count). The van der Waals surface area contributed by atoms with E-state index in [1.165, 1.54) is 0 Å². The van der Waals surface area contributed by atoms with E-state index in [9.17, 15) is 13.0 Å². The van der Waals surface area contributed by atoms with E-state index in [0.717, 1.165) is 6.54 Å². The Kier molecular flexibility index (Phi) is 7.75. The Balaban J connectivity index is 2.16. The van der Waals surface area contributed by atoms with Gasteiger partial charge in [-0.1, -0.05) is 0 Å². The summed E-state index contributed by atoms with van der Waals surface area (Å²) in [5, 5.41) is 0. The number of methoxy groups -OCH3 is 1. The van der Waals surface area contributed by atoms with E-state index >= 15 is 0 Å². The van der Waals surface area contributed by atoms with Crippen LogP contribution in [0.3, 0.4) is 0 Å². The topological polar surface area (TPSA) is 84.5 Å². The molecule has 1 aromatic rings. The lowest BCUT2D eigenvalue weighted by Crippen LogP contribution is -2.31. The Bertz CT molecular complexity index is 472. The van der Waals surface area contributed by atoms with Gasteiger partial charge in [0, 0.05) is 12.9 Å². The molecule has 0 N–H and O–H groups in total. The standard InChI is InChI=1S/C12H22N2O5S/c1-18-9-10-19-8-7-14-6-5-13(12-14)4-2-3-11-20(15,16)17/h5-6,12H,2-4,7-11H2,1H3. The van der Waals surface area contributed by atoms with Crippen LogP contribution in [0, 0.1) is 0 Å². The van der Waals surface area contributed by atoms with Gasteiger partial charge in [0.25, 0.3) is 0 Å². The second-order valence-electron chi connectivity index (χ2n) is 4.46. The molecule has 0 radical (unpaired) electrons. The number of nitrogens with zero attached hydrogens (tertiary/aromatic N) is 2. The Hall–Kier alpha value is -0.960. The third-order valence-corrected chi connectivity index (χ3v) is 3.52. The van der Waals surface area contributed by atoms with Gasteiger partial charge in [0.15, 0.2) is 0 Å². The van der Waals surface area contributed by atoms with Crippen molar-refractivity contribution in [1.29, 1.82) is 0 Å². The van der Waals surface area contributed by atoms with Gasteiger partial charge >= 0.3 is 0 Å². The van der Waals surface area contributed by atoms with Crippen LogP contribution in [0.2, 0.25) is 0 Å². The molecule has 116 valence electrons. The number of ether oxygens (including phenoxy) is 2. The number of rotatable bonds is 11. The lowest BCUT2D eigenvalue weighted by molar-refractivity contribution is -0.696. The summed E-state index contributed by atoms with van der Waals surface area (Å²) < 4.78 is 45.6. The first kappa shape index (κ1) is 17.1. The van der Waals surface area contributed by atoms with Gasteiger partial charge in [0.1, 0.15) is 18.9 Å². The first-order chi connectivity index (χ1) is 9.51. The molecule has 0 aliphatic heterocycles. The summed E-state index contributed by atoms with van der Waals surface area (Å²) in [6, 6.07) is 0. The highest BCUT2D eigenvalue weighted by atomic mass is 32.2. The highest BCUT2D eigenvalue weighted by Gasteiger charge is 2.04. The van der Waals surface area contributed by atoms with E-state index in [0.29, 0.717) is 39.2 Å². The van der Waals surface area contributed by atoms with E-state index in [4.69, 9.17) is 9.47 Å². The van der Waals surface area contributed by atoms with Crippen LogP contribution >= 0.6 is 0 Å². The number of aryl methyl sites for hydroxylation is 1. The fourth-order valence-electron chi connectivity index (χ4n) is 1.69. The van der Waals surface area contributed by atoms with Crippen molar-refractivity contribution in [2.24, 2.45) is 0 Å². The zero-order valence-electron chi connectivity index (χ0n) is 11.7. The van der Waals surface area contributed by atoms with Crippen molar-refractivity contribution < 1.29 is 27.0 Å². The van der Waals surface area contributed by atoms with Crippen LogP contribution in [0.15, 0.2) is 18.7 Å². The Morgan fingerprint density at radius 2 is 2.05 bits per heavy atom. The normalized spacial score (nSPS) is 11.9. The first-order valence-electron chi connectivity index (χ1n) is 6.56. The summed E-state index contributed by atoms with van der Waals surface area (Å²) in [5.74, 6) is -0.290. The summed E-state index contributed by atoms with van der Waals surface area (Å²) in [4.78, 5) is 0. The smallest absolute Gasteiger partial charge is 0.243 e. The maximum absolute atomic E-state index is 10.5. The Morgan fingerprint density at radius 1 is 1.25 bits per heavy atom.